The summed E-state index contributed by atoms with van der Waals surface area (Å²) in [6.07, 6.45) is -4.62. The smallest absolute Gasteiger partial charge is 0.354 e. The Hall–Kier alpha value is -2.48. The number of halogens is 3. The average Bonchev–Trinajstić information content (AvgIpc) is 2.99. The zero-order valence-corrected chi connectivity index (χ0v) is 15.4. The quantitative estimate of drug-likeness (QED) is 0.503. The van der Waals surface area contributed by atoms with Crippen LogP contribution >= 0.6 is 11.8 Å². The van der Waals surface area contributed by atoms with Crippen LogP contribution in [0.4, 0.5) is 13.2 Å². The van der Waals surface area contributed by atoms with E-state index in [0.717, 1.165) is 9.46 Å². The average molecular weight is 393 g/mol. The van der Waals surface area contributed by atoms with E-state index >= 15 is 0 Å². The number of alkyl halides is 3. The maximum absolute atomic E-state index is 13.2. The first-order chi connectivity index (χ1) is 12.8. The molecule has 0 spiro atoms. The van der Waals surface area contributed by atoms with Crippen LogP contribution in [0, 0.1) is 6.92 Å². The summed E-state index contributed by atoms with van der Waals surface area (Å²) in [7, 11) is 0. The number of amides is 1. The summed E-state index contributed by atoms with van der Waals surface area (Å²) in [6, 6.07) is 14.3. The number of aromatic nitrogens is 2. The van der Waals surface area contributed by atoms with Crippen molar-refractivity contribution in [3.05, 3.63) is 59.9 Å². The predicted molar refractivity (Wildman–Crippen MR) is 99.6 cm³/mol. The van der Waals surface area contributed by atoms with Gasteiger partial charge >= 0.3 is 6.18 Å². The summed E-state index contributed by atoms with van der Waals surface area (Å²) >= 11 is 1.58. The molecule has 142 valence electrons. The van der Waals surface area contributed by atoms with E-state index in [9.17, 15) is 18.0 Å². The Bertz CT molecular complexity index is 936. The molecule has 3 aromatic rings. The van der Waals surface area contributed by atoms with Crippen molar-refractivity contribution in [3.63, 3.8) is 0 Å². The first-order valence-corrected chi connectivity index (χ1v) is 9.32. The highest BCUT2D eigenvalue weighted by atomic mass is 32.2. The molecular weight excluding hydrogens is 375 g/mol. The van der Waals surface area contributed by atoms with Crippen LogP contribution in [-0.2, 0) is 17.5 Å². The van der Waals surface area contributed by atoms with E-state index in [1.54, 1.807) is 23.9 Å². The maximum atomic E-state index is 13.2. The van der Waals surface area contributed by atoms with Crippen LogP contribution in [0.15, 0.2) is 53.4 Å². The molecule has 0 saturated heterocycles. The minimum absolute atomic E-state index is 0.215. The minimum Gasteiger partial charge on any atom is -0.354 e. The van der Waals surface area contributed by atoms with Crippen LogP contribution in [0.3, 0.4) is 0 Å². The van der Waals surface area contributed by atoms with Gasteiger partial charge in [0, 0.05) is 17.2 Å². The van der Waals surface area contributed by atoms with Crippen LogP contribution in [0.5, 0.6) is 0 Å². The third kappa shape index (κ3) is 4.82. The largest absolute Gasteiger partial charge is 0.449 e. The number of carbonyl (C=O) groups is 1. The van der Waals surface area contributed by atoms with Crippen molar-refractivity contribution in [3.8, 4) is 0 Å². The van der Waals surface area contributed by atoms with Gasteiger partial charge < -0.3 is 9.88 Å². The second-order valence-electron chi connectivity index (χ2n) is 6.02. The second-order valence-corrected chi connectivity index (χ2v) is 7.19. The summed E-state index contributed by atoms with van der Waals surface area (Å²) < 4.78 is 40.6. The first kappa shape index (κ1) is 19.3. The van der Waals surface area contributed by atoms with Gasteiger partial charge in [-0.3, -0.25) is 4.79 Å². The molecule has 0 unspecified atom stereocenters. The number of thioether (sulfide) groups is 1. The number of carbonyl (C=O) groups excluding carboxylic acids is 1. The number of fused-ring (bicyclic) bond motifs is 1. The van der Waals surface area contributed by atoms with Crippen molar-refractivity contribution in [2.75, 3.05) is 12.3 Å². The molecular formula is C19H18F3N3OS. The van der Waals surface area contributed by atoms with Crippen LogP contribution in [0.1, 0.15) is 11.4 Å². The molecule has 27 heavy (non-hydrogen) atoms. The Morgan fingerprint density at radius 3 is 2.56 bits per heavy atom. The summed E-state index contributed by atoms with van der Waals surface area (Å²) in [5.74, 6) is -0.910. The Morgan fingerprint density at radius 1 is 1.15 bits per heavy atom. The van der Waals surface area contributed by atoms with E-state index in [4.69, 9.17) is 0 Å². The molecule has 3 rings (SSSR count). The minimum atomic E-state index is -4.62. The summed E-state index contributed by atoms with van der Waals surface area (Å²) in [5.41, 5.74) is 1.67. The number of nitrogens with one attached hydrogen (secondary N) is 1. The Labute approximate surface area is 158 Å². The van der Waals surface area contributed by atoms with Gasteiger partial charge in [-0.15, -0.1) is 11.8 Å². The topological polar surface area (TPSA) is 46.9 Å². The summed E-state index contributed by atoms with van der Waals surface area (Å²) in [5, 5.41) is 2.67. The number of benzene rings is 2. The monoisotopic (exact) mass is 393 g/mol. The van der Waals surface area contributed by atoms with Gasteiger partial charge in [-0.2, -0.15) is 13.2 Å². The highest BCUT2D eigenvalue weighted by Gasteiger charge is 2.37. The molecule has 1 N–H and O–H groups in total. The molecule has 4 nitrogen and oxygen atoms in total. The van der Waals surface area contributed by atoms with Crippen LogP contribution in [0.2, 0.25) is 0 Å². The lowest BCUT2D eigenvalue weighted by molar-refractivity contribution is -0.147. The van der Waals surface area contributed by atoms with Gasteiger partial charge in [0.1, 0.15) is 6.54 Å². The number of aryl methyl sites for hydroxylation is 1. The highest BCUT2D eigenvalue weighted by Crippen LogP contribution is 2.31. The number of hydrogen-bond acceptors (Lipinski definition) is 3. The lowest BCUT2D eigenvalue weighted by Crippen LogP contribution is -2.31. The van der Waals surface area contributed by atoms with Crippen molar-refractivity contribution in [1.29, 1.82) is 0 Å². The third-order valence-electron chi connectivity index (χ3n) is 3.92. The number of rotatable bonds is 6. The lowest BCUT2D eigenvalue weighted by atomic mass is 10.2. The Kier molecular flexibility index (Phi) is 5.74. The second kappa shape index (κ2) is 8.04. The van der Waals surface area contributed by atoms with Crippen molar-refractivity contribution >= 4 is 28.7 Å². The summed E-state index contributed by atoms with van der Waals surface area (Å²) in [6.45, 7) is 1.94. The molecule has 0 atom stereocenters. The predicted octanol–water partition coefficient (Wildman–Crippen LogP) is 4.27. The fraction of sp³-hybridized carbons (Fsp3) is 0.263. The molecule has 0 aliphatic carbocycles. The van der Waals surface area contributed by atoms with Gasteiger partial charge in [-0.05, 0) is 31.2 Å². The molecule has 0 aliphatic heterocycles. The number of para-hydroxylation sites is 2. The van der Waals surface area contributed by atoms with Gasteiger partial charge in [-0.25, -0.2) is 4.98 Å². The van der Waals surface area contributed by atoms with Crippen LogP contribution in [0.25, 0.3) is 11.0 Å². The first-order valence-electron chi connectivity index (χ1n) is 8.33. The van der Waals surface area contributed by atoms with E-state index < -0.39 is 24.5 Å². The molecule has 0 fully saturated rings. The fourth-order valence-corrected chi connectivity index (χ4v) is 3.41. The molecule has 0 bridgehead atoms. The van der Waals surface area contributed by atoms with Gasteiger partial charge in [0.25, 0.3) is 0 Å². The van der Waals surface area contributed by atoms with Crippen molar-refractivity contribution in [2.45, 2.75) is 24.5 Å². The molecule has 2 aromatic carbocycles. The standard InChI is InChI=1S/C19H18F3N3OS/c1-13-6-8-14(9-7-13)27-11-10-23-17(26)12-25-16-5-3-2-4-15(16)24-18(25)19(20,21)22/h2-9H,10-12H2,1H3,(H,23,26). The molecule has 1 aromatic heterocycles. The molecule has 8 heteroatoms. The Balaban J connectivity index is 1.61. The van der Waals surface area contributed by atoms with Crippen LogP contribution in [-0.4, -0.2) is 27.8 Å². The molecule has 0 radical (unpaired) electrons. The molecule has 1 amide bonds. The van der Waals surface area contributed by atoms with Crippen molar-refractivity contribution < 1.29 is 18.0 Å². The van der Waals surface area contributed by atoms with Gasteiger partial charge in [0.05, 0.1) is 11.0 Å². The zero-order valence-electron chi connectivity index (χ0n) is 14.6. The number of nitrogens with zero attached hydrogens (tertiary/aromatic N) is 2. The Morgan fingerprint density at radius 2 is 1.85 bits per heavy atom. The van der Waals surface area contributed by atoms with E-state index in [1.165, 1.54) is 17.7 Å². The van der Waals surface area contributed by atoms with Crippen molar-refractivity contribution in [1.82, 2.24) is 14.9 Å². The van der Waals surface area contributed by atoms with Gasteiger partial charge in [0.2, 0.25) is 11.7 Å². The van der Waals surface area contributed by atoms with E-state index in [2.05, 4.69) is 10.3 Å². The molecule has 0 aliphatic rings. The molecule has 1 heterocycles. The maximum Gasteiger partial charge on any atom is 0.449 e. The SMILES string of the molecule is Cc1ccc(SCCNC(=O)Cn2c(C(F)(F)F)nc3ccccc32)cc1. The normalized spacial score (nSPS) is 11.7. The van der Waals surface area contributed by atoms with Crippen molar-refractivity contribution in [2.24, 2.45) is 0 Å². The highest BCUT2D eigenvalue weighted by molar-refractivity contribution is 7.99. The van der Waals surface area contributed by atoms with E-state index in [-0.39, 0.29) is 11.0 Å². The van der Waals surface area contributed by atoms with Crippen LogP contribution < -0.4 is 5.32 Å². The summed E-state index contributed by atoms with van der Waals surface area (Å²) in [4.78, 5) is 16.9. The number of hydrogen-bond donors (Lipinski definition) is 1. The van der Waals surface area contributed by atoms with E-state index in [0.29, 0.717) is 12.3 Å². The van der Waals surface area contributed by atoms with Gasteiger partial charge in [-0.1, -0.05) is 29.8 Å². The fourth-order valence-electron chi connectivity index (χ4n) is 2.65. The van der Waals surface area contributed by atoms with E-state index in [1.807, 2.05) is 31.2 Å². The van der Waals surface area contributed by atoms with Gasteiger partial charge in [0.15, 0.2) is 0 Å². The third-order valence-corrected chi connectivity index (χ3v) is 4.94. The molecule has 0 saturated carbocycles. The lowest BCUT2D eigenvalue weighted by Gasteiger charge is -2.11. The zero-order chi connectivity index (χ0) is 19.4. The number of imidazole rings is 1.